The molecule has 5 atom stereocenters. The summed E-state index contributed by atoms with van der Waals surface area (Å²) >= 11 is 0. The molecule has 2 aliphatic rings. The Hall–Kier alpha value is -1.06. The molecule has 2 saturated carbocycles. The van der Waals surface area contributed by atoms with E-state index in [1.165, 1.54) is 13.3 Å². The minimum Gasteiger partial charge on any atom is -0.481 e. The summed E-state index contributed by atoms with van der Waals surface area (Å²) in [5.74, 6) is -1.32. The van der Waals surface area contributed by atoms with Crippen LogP contribution in [-0.4, -0.2) is 22.6 Å². The third-order valence-corrected chi connectivity index (χ3v) is 6.84. The quantitative estimate of drug-likeness (QED) is 0.787. The smallest absolute Gasteiger partial charge is 0.306 e. The summed E-state index contributed by atoms with van der Waals surface area (Å²) in [7, 11) is 0. The molecule has 0 spiro atoms. The van der Waals surface area contributed by atoms with Crippen LogP contribution in [0.15, 0.2) is 0 Å². The third kappa shape index (κ3) is 3.01. The summed E-state index contributed by atoms with van der Waals surface area (Å²) in [4.78, 5) is 23.5. The van der Waals surface area contributed by atoms with E-state index in [0.29, 0.717) is 5.92 Å². The maximum Gasteiger partial charge on any atom is 0.306 e. The van der Waals surface area contributed by atoms with Crippen molar-refractivity contribution in [3.05, 3.63) is 0 Å². The Bertz CT molecular complexity index is 498. The maximum absolute atomic E-state index is 11.8. The highest BCUT2D eigenvalue weighted by molar-refractivity contribution is 5.71. The minimum absolute atomic E-state index is 0.109. The van der Waals surface area contributed by atoms with Gasteiger partial charge >= 0.3 is 11.9 Å². The van der Waals surface area contributed by atoms with Crippen molar-refractivity contribution in [1.82, 2.24) is 0 Å². The zero-order valence-corrected chi connectivity index (χ0v) is 15.4. The van der Waals surface area contributed by atoms with Crippen LogP contribution in [0, 0.1) is 28.6 Å². The number of carbonyl (C=O) groups excluding carboxylic acids is 1. The number of aliphatic carboxylic acids is 1. The average molecular weight is 324 g/mol. The Balaban J connectivity index is 2.51. The Labute approximate surface area is 140 Å². The van der Waals surface area contributed by atoms with Gasteiger partial charge in [0.1, 0.15) is 5.60 Å². The molecule has 4 heteroatoms. The van der Waals surface area contributed by atoms with Crippen molar-refractivity contribution >= 4 is 11.9 Å². The lowest BCUT2D eigenvalue weighted by atomic mass is 9.44. The number of esters is 1. The van der Waals surface area contributed by atoms with Gasteiger partial charge in [0.25, 0.3) is 0 Å². The van der Waals surface area contributed by atoms with E-state index >= 15 is 0 Å². The second-order valence-corrected chi connectivity index (χ2v) is 8.95. The molecule has 0 bridgehead atoms. The van der Waals surface area contributed by atoms with Gasteiger partial charge in [-0.3, -0.25) is 9.59 Å². The zero-order chi connectivity index (χ0) is 17.6. The Morgan fingerprint density at radius 1 is 1.13 bits per heavy atom. The molecular weight excluding hydrogens is 292 g/mol. The zero-order valence-electron chi connectivity index (χ0n) is 15.4. The van der Waals surface area contributed by atoms with Crippen molar-refractivity contribution in [3.8, 4) is 0 Å². The van der Waals surface area contributed by atoms with E-state index < -0.39 is 17.5 Å². The van der Waals surface area contributed by atoms with Crippen molar-refractivity contribution in [1.29, 1.82) is 0 Å². The number of hydrogen-bond acceptors (Lipinski definition) is 3. The van der Waals surface area contributed by atoms with Crippen LogP contribution in [0.3, 0.4) is 0 Å². The molecule has 5 unspecified atom stereocenters. The highest BCUT2D eigenvalue weighted by Gasteiger charge is 2.61. The van der Waals surface area contributed by atoms with Gasteiger partial charge in [-0.25, -0.2) is 0 Å². The number of carboxylic acids is 1. The van der Waals surface area contributed by atoms with Crippen LogP contribution in [0.5, 0.6) is 0 Å². The van der Waals surface area contributed by atoms with Crippen LogP contribution in [0.1, 0.15) is 73.6 Å². The first-order chi connectivity index (χ1) is 10.4. The van der Waals surface area contributed by atoms with E-state index in [0.717, 1.165) is 25.7 Å². The van der Waals surface area contributed by atoms with Crippen LogP contribution < -0.4 is 0 Å². The summed E-state index contributed by atoms with van der Waals surface area (Å²) < 4.78 is 5.74. The largest absolute Gasteiger partial charge is 0.481 e. The van der Waals surface area contributed by atoms with E-state index in [-0.39, 0.29) is 22.7 Å². The van der Waals surface area contributed by atoms with Crippen molar-refractivity contribution in [2.24, 2.45) is 28.6 Å². The maximum atomic E-state index is 11.8. The van der Waals surface area contributed by atoms with Crippen LogP contribution in [0.4, 0.5) is 0 Å². The monoisotopic (exact) mass is 324 g/mol. The topological polar surface area (TPSA) is 63.6 Å². The standard InChI is InChI=1S/C19H32O4/c1-12(16(21)22)15-18(5)10-7-9-17(3,4)14(18)8-11-19(15,6)23-13(2)20/h12,14-15H,7-11H2,1-6H3,(H,21,22). The van der Waals surface area contributed by atoms with Crippen LogP contribution in [0.25, 0.3) is 0 Å². The fraction of sp³-hybridized carbons (Fsp3) is 0.895. The molecule has 0 heterocycles. The van der Waals surface area contributed by atoms with Gasteiger partial charge in [0.05, 0.1) is 5.92 Å². The molecule has 0 aliphatic heterocycles. The van der Waals surface area contributed by atoms with Gasteiger partial charge in [0.15, 0.2) is 0 Å². The van der Waals surface area contributed by atoms with Crippen molar-refractivity contribution in [2.75, 3.05) is 0 Å². The molecule has 0 aromatic heterocycles. The first kappa shape index (κ1) is 18.3. The van der Waals surface area contributed by atoms with Gasteiger partial charge in [-0.15, -0.1) is 0 Å². The predicted octanol–water partition coefficient (Wildman–Crippen LogP) is 4.27. The molecule has 4 nitrogen and oxygen atoms in total. The summed E-state index contributed by atoms with van der Waals surface area (Å²) in [6, 6.07) is 0. The van der Waals surface area contributed by atoms with Crippen LogP contribution in [0.2, 0.25) is 0 Å². The lowest BCUT2D eigenvalue weighted by molar-refractivity contribution is -0.211. The first-order valence-electron chi connectivity index (χ1n) is 8.86. The fourth-order valence-corrected chi connectivity index (χ4v) is 6.23. The number of carbonyl (C=O) groups is 2. The molecule has 0 radical (unpaired) electrons. The Morgan fingerprint density at radius 3 is 2.26 bits per heavy atom. The Morgan fingerprint density at radius 2 is 1.74 bits per heavy atom. The van der Waals surface area contributed by atoms with Crippen molar-refractivity contribution < 1.29 is 19.4 Å². The molecule has 2 fully saturated rings. The molecular formula is C19H32O4. The van der Waals surface area contributed by atoms with E-state index in [9.17, 15) is 14.7 Å². The van der Waals surface area contributed by atoms with E-state index in [1.807, 2.05) is 6.92 Å². The van der Waals surface area contributed by atoms with Gasteiger partial charge in [-0.2, -0.15) is 0 Å². The molecule has 0 amide bonds. The highest BCUT2D eigenvalue weighted by Crippen LogP contribution is 2.64. The molecule has 2 aliphatic carbocycles. The number of hydrogen-bond donors (Lipinski definition) is 1. The molecule has 0 aromatic carbocycles. The SMILES string of the molecule is CC(=O)OC1(C)CCC2C(C)(C)CCCC2(C)C1C(C)C(=O)O. The molecule has 0 aromatic rings. The second kappa shape index (κ2) is 5.78. The summed E-state index contributed by atoms with van der Waals surface area (Å²) in [6.07, 6.45) is 5.06. The Kier molecular flexibility index (Phi) is 4.60. The van der Waals surface area contributed by atoms with E-state index in [4.69, 9.17) is 4.74 Å². The highest BCUT2D eigenvalue weighted by atomic mass is 16.6. The fourth-order valence-electron chi connectivity index (χ4n) is 6.23. The van der Waals surface area contributed by atoms with Crippen LogP contribution >= 0.6 is 0 Å². The first-order valence-corrected chi connectivity index (χ1v) is 8.86. The summed E-state index contributed by atoms with van der Waals surface area (Å²) in [6.45, 7) is 12.0. The molecule has 1 N–H and O–H groups in total. The van der Waals surface area contributed by atoms with Gasteiger partial charge in [0.2, 0.25) is 0 Å². The number of fused-ring (bicyclic) bond motifs is 1. The molecule has 0 saturated heterocycles. The summed E-state index contributed by atoms with van der Waals surface area (Å²) in [5, 5.41) is 9.69. The van der Waals surface area contributed by atoms with Gasteiger partial charge in [-0.1, -0.05) is 34.1 Å². The normalized spacial score (nSPS) is 40.8. The van der Waals surface area contributed by atoms with Crippen LogP contribution in [-0.2, 0) is 14.3 Å². The third-order valence-electron chi connectivity index (χ3n) is 6.84. The molecule has 132 valence electrons. The lowest BCUT2D eigenvalue weighted by Crippen LogP contribution is -2.61. The molecule has 23 heavy (non-hydrogen) atoms. The number of carboxylic acid groups (broad SMARTS) is 1. The average Bonchev–Trinajstić information content (AvgIpc) is 2.35. The minimum atomic E-state index is -0.793. The van der Waals surface area contributed by atoms with Gasteiger partial charge in [-0.05, 0) is 49.4 Å². The molecule has 2 rings (SSSR count). The van der Waals surface area contributed by atoms with E-state index in [1.54, 1.807) is 6.92 Å². The second-order valence-electron chi connectivity index (χ2n) is 8.95. The van der Waals surface area contributed by atoms with Crippen molar-refractivity contribution in [2.45, 2.75) is 79.2 Å². The van der Waals surface area contributed by atoms with Gasteiger partial charge in [0, 0.05) is 12.8 Å². The lowest BCUT2D eigenvalue weighted by Gasteiger charge is -2.62. The number of rotatable bonds is 3. The predicted molar refractivity (Wildman–Crippen MR) is 88.9 cm³/mol. The van der Waals surface area contributed by atoms with E-state index in [2.05, 4.69) is 20.8 Å². The number of ether oxygens (including phenoxy) is 1. The summed E-state index contributed by atoms with van der Waals surface area (Å²) in [5.41, 5.74) is -0.592. The van der Waals surface area contributed by atoms with Gasteiger partial charge < -0.3 is 9.84 Å². The van der Waals surface area contributed by atoms with Crippen molar-refractivity contribution in [3.63, 3.8) is 0 Å².